The van der Waals surface area contributed by atoms with Crippen LogP contribution >= 0.6 is 0 Å². The van der Waals surface area contributed by atoms with Crippen molar-refractivity contribution in [1.82, 2.24) is 4.98 Å². The van der Waals surface area contributed by atoms with Gasteiger partial charge in [-0.2, -0.15) is 0 Å². The second-order valence-electron chi connectivity index (χ2n) is 5.74. The predicted octanol–water partition coefficient (Wildman–Crippen LogP) is 3.72. The van der Waals surface area contributed by atoms with Crippen molar-refractivity contribution >= 4 is 17.4 Å². The average Bonchev–Trinajstić information content (AvgIpc) is 2.49. The highest BCUT2D eigenvalue weighted by Crippen LogP contribution is 2.11. The second kappa shape index (κ2) is 8.17. The predicted molar refractivity (Wildman–Crippen MR) is 91.0 cm³/mol. The molecule has 0 saturated carbocycles. The quantitative estimate of drug-likeness (QED) is 0.819. The Bertz CT molecular complexity index is 579. The first-order chi connectivity index (χ1) is 10.6. The maximum Gasteiger partial charge on any atom is 0.225 e. The lowest BCUT2D eigenvalue weighted by Crippen LogP contribution is -2.14. The summed E-state index contributed by atoms with van der Waals surface area (Å²) in [6.07, 6.45) is 3.22. The standard InChI is InChI=1S/C18H23N3O/c1-14(2)12-18(22)21-17-9-8-16(13-20-17)19-11-10-15-6-4-3-5-7-15/h3-9,13-14,19H,10-12H2,1-2H3,(H,20,21,22). The normalized spacial score (nSPS) is 10.5. The fraction of sp³-hybridized carbons (Fsp3) is 0.333. The summed E-state index contributed by atoms with van der Waals surface area (Å²) in [4.78, 5) is 15.9. The highest BCUT2D eigenvalue weighted by Gasteiger charge is 2.05. The number of nitrogens with zero attached hydrogens (tertiary/aromatic N) is 1. The number of benzene rings is 1. The van der Waals surface area contributed by atoms with Gasteiger partial charge in [0.1, 0.15) is 5.82 Å². The number of nitrogens with one attached hydrogen (secondary N) is 2. The van der Waals surface area contributed by atoms with Gasteiger partial charge in [0.2, 0.25) is 5.91 Å². The van der Waals surface area contributed by atoms with Gasteiger partial charge in [-0.1, -0.05) is 44.2 Å². The zero-order valence-electron chi connectivity index (χ0n) is 13.2. The Kier molecular flexibility index (Phi) is 5.95. The molecule has 0 bridgehead atoms. The van der Waals surface area contributed by atoms with E-state index >= 15 is 0 Å². The molecule has 1 aromatic carbocycles. The van der Waals surface area contributed by atoms with Crippen LogP contribution in [0.15, 0.2) is 48.7 Å². The molecule has 1 heterocycles. The monoisotopic (exact) mass is 297 g/mol. The van der Waals surface area contributed by atoms with Crippen molar-refractivity contribution in [1.29, 1.82) is 0 Å². The molecule has 0 radical (unpaired) electrons. The summed E-state index contributed by atoms with van der Waals surface area (Å²) >= 11 is 0. The topological polar surface area (TPSA) is 54.0 Å². The molecule has 116 valence electrons. The molecule has 1 amide bonds. The molecule has 2 rings (SSSR count). The number of carbonyl (C=O) groups is 1. The smallest absolute Gasteiger partial charge is 0.225 e. The summed E-state index contributed by atoms with van der Waals surface area (Å²) < 4.78 is 0. The van der Waals surface area contributed by atoms with E-state index in [-0.39, 0.29) is 5.91 Å². The van der Waals surface area contributed by atoms with Gasteiger partial charge in [-0.25, -0.2) is 4.98 Å². The van der Waals surface area contributed by atoms with Crippen molar-refractivity contribution in [3.8, 4) is 0 Å². The van der Waals surface area contributed by atoms with E-state index in [9.17, 15) is 4.79 Å². The zero-order chi connectivity index (χ0) is 15.8. The Morgan fingerprint density at radius 2 is 1.91 bits per heavy atom. The molecule has 0 aliphatic carbocycles. The first-order valence-electron chi connectivity index (χ1n) is 7.67. The maximum atomic E-state index is 11.7. The maximum absolute atomic E-state index is 11.7. The molecule has 4 nitrogen and oxygen atoms in total. The molecule has 0 atom stereocenters. The minimum atomic E-state index is 0.00675. The van der Waals surface area contributed by atoms with Crippen molar-refractivity contribution < 1.29 is 4.79 Å². The number of anilines is 2. The molecule has 0 unspecified atom stereocenters. The molecular weight excluding hydrogens is 274 g/mol. The van der Waals surface area contributed by atoms with Gasteiger partial charge < -0.3 is 10.6 Å². The van der Waals surface area contributed by atoms with E-state index < -0.39 is 0 Å². The Hall–Kier alpha value is -2.36. The molecule has 0 spiro atoms. The van der Waals surface area contributed by atoms with Crippen LogP contribution in [0.1, 0.15) is 25.8 Å². The van der Waals surface area contributed by atoms with E-state index in [0.29, 0.717) is 18.2 Å². The molecule has 22 heavy (non-hydrogen) atoms. The highest BCUT2D eigenvalue weighted by molar-refractivity contribution is 5.89. The van der Waals surface area contributed by atoms with Crippen molar-refractivity contribution in [2.24, 2.45) is 5.92 Å². The van der Waals surface area contributed by atoms with Crippen molar-refractivity contribution in [3.05, 3.63) is 54.2 Å². The van der Waals surface area contributed by atoms with E-state index in [4.69, 9.17) is 0 Å². The minimum Gasteiger partial charge on any atom is -0.383 e. The minimum absolute atomic E-state index is 0.00675. The molecular formula is C18H23N3O. The first-order valence-corrected chi connectivity index (χ1v) is 7.67. The van der Waals surface area contributed by atoms with Crippen LogP contribution in [0.25, 0.3) is 0 Å². The lowest BCUT2D eigenvalue weighted by Gasteiger charge is -2.09. The largest absolute Gasteiger partial charge is 0.383 e. The van der Waals surface area contributed by atoms with Gasteiger partial charge in [-0.3, -0.25) is 4.79 Å². The van der Waals surface area contributed by atoms with Crippen molar-refractivity contribution in [3.63, 3.8) is 0 Å². The fourth-order valence-electron chi connectivity index (χ4n) is 2.13. The van der Waals surface area contributed by atoms with Crippen LogP contribution in [0, 0.1) is 5.92 Å². The van der Waals surface area contributed by atoms with E-state index in [2.05, 4.69) is 27.8 Å². The number of pyridine rings is 1. The fourth-order valence-corrected chi connectivity index (χ4v) is 2.13. The van der Waals surface area contributed by atoms with Gasteiger partial charge in [0, 0.05) is 13.0 Å². The third-order valence-corrected chi connectivity index (χ3v) is 3.21. The summed E-state index contributed by atoms with van der Waals surface area (Å²) in [5.74, 6) is 0.950. The zero-order valence-corrected chi connectivity index (χ0v) is 13.2. The average molecular weight is 297 g/mol. The number of hydrogen-bond acceptors (Lipinski definition) is 3. The van der Waals surface area contributed by atoms with Crippen molar-refractivity contribution in [2.45, 2.75) is 26.7 Å². The lowest BCUT2D eigenvalue weighted by molar-refractivity contribution is -0.116. The Morgan fingerprint density at radius 1 is 1.14 bits per heavy atom. The van der Waals surface area contributed by atoms with Gasteiger partial charge in [0.05, 0.1) is 11.9 Å². The Morgan fingerprint density at radius 3 is 2.55 bits per heavy atom. The summed E-state index contributed by atoms with van der Waals surface area (Å²) in [6.45, 7) is 4.89. The van der Waals surface area contributed by atoms with E-state index in [1.54, 1.807) is 6.20 Å². The second-order valence-corrected chi connectivity index (χ2v) is 5.74. The molecule has 2 N–H and O–H groups in total. The third-order valence-electron chi connectivity index (χ3n) is 3.21. The van der Waals surface area contributed by atoms with E-state index in [1.165, 1.54) is 5.56 Å². The summed E-state index contributed by atoms with van der Waals surface area (Å²) in [5.41, 5.74) is 2.26. The summed E-state index contributed by atoms with van der Waals surface area (Å²) in [6, 6.07) is 14.1. The number of amides is 1. The van der Waals surface area contributed by atoms with Gasteiger partial charge in [-0.05, 0) is 30.0 Å². The van der Waals surface area contributed by atoms with E-state index in [0.717, 1.165) is 18.7 Å². The third kappa shape index (κ3) is 5.56. The Balaban J connectivity index is 1.78. The molecule has 2 aromatic rings. The molecule has 0 aliphatic rings. The van der Waals surface area contributed by atoms with E-state index in [1.807, 2.05) is 44.2 Å². The number of rotatable bonds is 7. The molecule has 0 fully saturated rings. The van der Waals surface area contributed by atoms with Crippen LogP contribution in [0.5, 0.6) is 0 Å². The number of aromatic nitrogens is 1. The van der Waals surface area contributed by atoms with Crippen molar-refractivity contribution in [2.75, 3.05) is 17.2 Å². The van der Waals surface area contributed by atoms with Gasteiger partial charge in [-0.15, -0.1) is 0 Å². The summed E-state index contributed by atoms with van der Waals surface area (Å²) in [5, 5.41) is 6.14. The molecule has 0 saturated heterocycles. The molecule has 0 aliphatic heterocycles. The van der Waals surface area contributed by atoms with Crippen LogP contribution in [0.3, 0.4) is 0 Å². The number of carbonyl (C=O) groups excluding carboxylic acids is 1. The van der Waals surface area contributed by atoms with Crippen LogP contribution in [0.2, 0.25) is 0 Å². The van der Waals surface area contributed by atoms with Crippen LogP contribution in [-0.4, -0.2) is 17.4 Å². The highest BCUT2D eigenvalue weighted by atomic mass is 16.1. The van der Waals surface area contributed by atoms with Crippen LogP contribution < -0.4 is 10.6 Å². The van der Waals surface area contributed by atoms with Crippen LogP contribution in [-0.2, 0) is 11.2 Å². The van der Waals surface area contributed by atoms with Gasteiger partial charge in [0.15, 0.2) is 0 Å². The summed E-state index contributed by atoms with van der Waals surface area (Å²) in [7, 11) is 0. The Labute approximate surface area is 132 Å². The van der Waals surface area contributed by atoms with Gasteiger partial charge >= 0.3 is 0 Å². The molecule has 4 heteroatoms. The first kappa shape index (κ1) is 16.0. The lowest BCUT2D eigenvalue weighted by atomic mass is 10.1. The SMILES string of the molecule is CC(C)CC(=O)Nc1ccc(NCCc2ccccc2)cn1. The molecule has 1 aromatic heterocycles. The van der Waals surface area contributed by atoms with Gasteiger partial charge in [0.25, 0.3) is 0 Å². The number of hydrogen-bond donors (Lipinski definition) is 2. The van der Waals surface area contributed by atoms with Crippen LogP contribution in [0.4, 0.5) is 11.5 Å².